The third-order valence-electron chi connectivity index (χ3n) is 5.12. The highest BCUT2D eigenvalue weighted by atomic mass is 16.1. The SMILES string of the molecule is CN(Cc1nc2c(NC(=O)CN)cccc2[nH]1)C1CCCc2cccnc21. The lowest BCUT2D eigenvalue weighted by Crippen LogP contribution is -2.28. The third-order valence-corrected chi connectivity index (χ3v) is 5.12. The Morgan fingerprint density at radius 2 is 2.26 bits per heavy atom. The molecule has 1 unspecified atom stereocenters. The van der Waals surface area contributed by atoms with E-state index in [1.165, 1.54) is 17.7 Å². The number of H-pyrrole nitrogens is 1. The van der Waals surface area contributed by atoms with Crippen LogP contribution in [-0.2, 0) is 17.8 Å². The number of imidazole rings is 1. The smallest absolute Gasteiger partial charge is 0.238 e. The number of para-hydroxylation sites is 1. The Labute approximate surface area is 158 Å². The number of nitrogens with zero attached hydrogens (tertiary/aromatic N) is 3. The normalized spacial score (nSPS) is 16.5. The van der Waals surface area contributed by atoms with Crippen LogP contribution in [0, 0.1) is 0 Å². The second kappa shape index (κ2) is 7.46. The number of hydrogen-bond acceptors (Lipinski definition) is 5. The van der Waals surface area contributed by atoms with E-state index in [0.717, 1.165) is 29.7 Å². The molecule has 0 saturated carbocycles. The van der Waals surface area contributed by atoms with Crippen LogP contribution in [-0.4, -0.2) is 39.4 Å². The van der Waals surface area contributed by atoms with Crippen LogP contribution in [0.4, 0.5) is 5.69 Å². The summed E-state index contributed by atoms with van der Waals surface area (Å²) in [4.78, 5) is 26.6. The summed E-state index contributed by atoms with van der Waals surface area (Å²) in [5.41, 5.74) is 10.3. The molecule has 7 heteroatoms. The molecule has 1 aliphatic carbocycles. The number of benzene rings is 1. The van der Waals surface area contributed by atoms with Crippen molar-refractivity contribution >= 4 is 22.6 Å². The second-order valence-corrected chi connectivity index (χ2v) is 7.01. The minimum atomic E-state index is -0.228. The molecule has 0 bridgehead atoms. The van der Waals surface area contributed by atoms with Crippen molar-refractivity contribution in [2.24, 2.45) is 5.73 Å². The fraction of sp³-hybridized carbons (Fsp3) is 0.350. The Hall–Kier alpha value is -2.77. The molecule has 7 nitrogen and oxygen atoms in total. The van der Waals surface area contributed by atoms with Gasteiger partial charge < -0.3 is 16.0 Å². The van der Waals surface area contributed by atoms with Crippen molar-refractivity contribution in [1.29, 1.82) is 0 Å². The fourth-order valence-corrected chi connectivity index (χ4v) is 3.82. The van der Waals surface area contributed by atoms with Crippen LogP contribution in [0.25, 0.3) is 11.0 Å². The van der Waals surface area contributed by atoms with Crippen LogP contribution in [0.15, 0.2) is 36.5 Å². The predicted octanol–water partition coefficient (Wildman–Crippen LogP) is 2.36. The van der Waals surface area contributed by atoms with Gasteiger partial charge in [-0.25, -0.2) is 4.98 Å². The van der Waals surface area contributed by atoms with Crippen LogP contribution >= 0.6 is 0 Å². The van der Waals surface area contributed by atoms with Crippen molar-refractivity contribution in [1.82, 2.24) is 19.9 Å². The van der Waals surface area contributed by atoms with Crippen molar-refractivity contribution in [3.63, 3.8) is 0 Å². The van der Waals surface area contributed by atoms with E-state index in [-0.39, 0.29) is 12.5 Å². The maximum atomic E-state index is 11.6. The number of nitrogens with two attached hydrogens (primary N) is 1. The molecule has 0 aliphatic heterocycles. The summed E-state index contributed by atoms with van der Waals surface area (Å²) in [6.07, 6.45) is 5.24. The molecule has 1 amide bonds. The maximum absolute atomic E-state index is 11.6. The number of amides is 1. The van der Waals surface area contributed by atoms with Crippen LogP contribution in [0.2, 0.25) is 0 Å². The van der Waals surface area contributed by atoms with E-state index >= 15 is 0 Å². The van der Waals surface area contributed by atoms with Gasteiger partial charge in [-0.3, -0.25) is 14.7 Å². The van der Waals surface area contributed by atoms with E-state index in [9.17, 15) is 4.79 Å². The van der Waals surface area contributed by atoms with Gasteiger partial charge in [-0.1, -0.05) is 12.1 Å². The zero-order valence-corrected chi connectivity index (χ0v) is 15.4. The summed E-state index contributed by atoms with van der Waals surface area (Å²) in [6.45, 7) is 0.629. The first-order valence-electron chi connectivity index (χ1n) is 9.27. The lowest BCUT2D eigenvalue weighted by atomic mass is 9.91. The van der Waals surface area contributed by atoms with E-state index in [2.05, 4.69) is 33.3 Å². The predicted molar refractivity (Wildman–Crippen MR) is 105 cm³/mol. The molecule has 1 aliphatic rings. The number of fused-ring (bicyclic) bond motifs is 2. The molecular formula is C20H24N6O. The molecule has 1 aromatic carbocycles. The monoisotopic (exact) mass is 364 g/mol. The first-order chi connectivity index (χ1) is 13.2. The molecule has 27 heavy (non-hydrogen) atoms. The summed E-state index contributed by atoms with van der Waals surface area (Å²) in [6, 6.07) is 10.2. The molecule has 3 aromatic rings. The zero-order valence-electron chi connectivity index (χ0n) is 15.4. The molecule has 1 atom stereocenters. The maximum Gasteiger partial charge on any atom is 0.238 e. The van der Waals surface area contributed by atoms with E-state index < -0.39 is 0 Å². The van der Waals surface area contributed by atoms with Crippen molar-refractivity contribution in [2.45, 2.75) is 31.8 Å². The van der Waals surface area contributed by atoms with Crippen molar-refractivity contribution in [2.75, 3.05) is 18.9 Å². The van der Waals surface area contributed by atoms with Gasteiger partial charge >= 0.3 is 0 Å². The molecule has 4 rings (SSSR count). The van der Waals surface area contributed by atoms with Gasteiger partial charge in [0.2, 0.25) is 5.91 Å². The Morgan fingerprint density at radius 3 is 3.11 bits per heavy atom. The molecule has 140 valence electrons. The summed E-state index contributed by atoms with van der Waals surface area (Å²) in [5.74, 6) is 0.638. The lowest BCUT2D eigenvalue weighted by molar-refractivity contribution is -0.114. The molecule has 2 aromatic heterocycles. The van der Waals surface area contributed by atoms with Gasteiger partial charge in [-0.2, -0.15) is 0 Å². The highest BCUT2D eigenvalue weighted by Crippen LogP contribution is 2.32. The average Bonchev–Trinajstić information content (AvgIpc) is 3.10. The number of hydrogen-bond donors (Lipinski definition) is 3. The summed E-state index contributed by atoms with van der Waals surface area (Å²) in [5, 5.41) is 2.81. The first-order valence-corrected chi connectivity index (χ1v) is 9.27. The zero-order chi connectivity index (χ0) is 18.8. The van der Waals surface area contributed by atoms with Crippen molar-refractivity contribution in [3.8, 4) is 0 Å². The van der Waals surface area contributed by atoms with Gasteiger partial charge in [-0.05, 0) is 50.1 Å². The molecule has 0 spiro atoms. The number of pyridine rings is 1. The quantitative estimate of drug-likeness (QED) is 0.645. The molecule has 0 fully saturated rings. The summed E-state index contributed by atoms with van der Waals surface area (Å²) >= 11 is 0. The van der Waals surface area contributed by atoms with E-state index in [4.69, 9.17) is 10.7 Å². The Morgan fingerprint density at radius 1 is 1.37 bits per heavy atom. The van der Waals surface area contributed by atoms with Crippen LogP contribution in [0.3, 0.4) is 0 Å². The van der Waals surface area contributed by atoms with Crippen LogP contribution < -0.4 is 11.1 Å². The van der Waals surface area contributed by atoms with Gasteiger partial charge in [0.15, 0.2) is 0 Å². The number of carbonyl (C=O) groups excluding carboxylic acids is 1. The third kappa shape index (κ3) is 3.56. The van der Waals surface area contributed by atoms with Gasteiger partial charge in [0.25, 0.3) is 0 Å². The Kier molecular flexibility index (Phi) is 4.87. The largest absolute Gasteiger partial charge is 0.341 e. The van der Waals surface area contributed by atoms with E-state index in [1.807, 2.05) is 30.5 Å². The van der Waals surface area contributed by atoms with Crippen molar-refractivity contribution in [3.05, 3.63) is 53.6 Å². The number of nitrogens with one attached hydrogen (secondary N) is 2. The average molecular weight is 364 g/mol. The number of anilines is 1. The lowest BCUT2D eigenvalue weighted by Gasteiger charge is -2.31. The number of carbonyl (C=O) groups is 1. The molecule has 0 radical (unpaired) electrons. The summed E-state index contributed by atoms with van der Waals surface area (Å²) < 4.78 is 0. The molecule has 2 heterocycles. The number of aromatic amines is 1. The Bertz CT molecular complexity index is 966. The van der Waals surface area contributed by atoms with Gasteiger partial charge in [0.05, 0.1) is 36.0 Å². The van der Waals surface area contributed by atoms with E-state index in [1.54, 1.807) is 0 Å². The van der Waals surface area contributed by atoms with Gasteiger partial charge in [0.1, 0.15) is 11.3 Å². The van der Waals surface area contributed by atoms with Gasteiger partial charge in [0, 0.05) is 6.20 Å². The molecule has 0 saturated heterocycles. The van der Waals surface area contributed by atoms with E-state index in [0.29, 0.717) is 18.3 Å². The van der Waals surface area contributed by atoms with Crippen LogP contribution in [0.5, 0.6) is 0 Å². The first kappa shape index (κ1) is 17.6. The molecular weight excluding hydrogens is 340 g/mol. The standard InChI is InChI=1S/C20H24N6O/c1-26(16-9-2-5-13-6-4-10-22-19(13)16)12-17-23-14-7-3-8-15(20(14)25-17)24-18(27)11-21/h3-4,6-8,10,16H,2,5,9,11-12,21H2,1H3,(H,23,25)(H,24,27). The number of aromatic nitrogens is 3. The highest BCUT2D eigenvalue weighted by Gasteiger charge is 2.25. The van der Waals surface area contributed by atoms with Gasteiger partial charge in [-0.15, -0.1) is 0 Å². The number of aryl methyl sites for hydroxylation is 1. The fourth-order valence-electron chi connectivity index (χ4n) is 3.82. The summed E-state index contributed by atoms with van der Waals surface area (Å²) in [7, 11) is 2.11. The van der Waals surface area contributed by atoms with Crippen molar-refractivity contribution < 1.29 is 4.79 Å². The number of rotatable bonds is 5. The Balaban J connectivity index is 1.57. The highest BCUT2D eigenvalue weighted by molar-refractivity contribution is 6.00. The second-order valence-electron chi connectivity index (χ2n) is 7.01. The molecule has 4 N–H and O–H groups in total. The minimum Gasteiger partial charge on any atom is -0.341 e. The van der Waals surface area contributed by atoms with Crippen LogP contribution in [0.1, 0.15) is 36.0 Å². The topological polar surface area (TPSA) is 99.9 Å². The minimum absolute atomic E-state index is 0.0511.